The van der Waals surface area contributed by atoms with Gasteiger partial charge >= 0.3 is 6.16 Å². The molecule has 4 aromatic carbocycles. The highest BCUT2D eigenvalue weighted by Gasteiger charge is 2.46. The first-order valence-electron chi connectivity index (χ1n) is 19.6. The Morgan fingerprint density at radius 3 is 1.12 bits per heavy atom. The Labute approximate surface area is 348 Å². The standard InChI is InChI=1S/C33H40N8O8.C6H10.2C2H6/c1-5-38(6-2)21-9-13-25(34)31(19-21)48-33(46-29-15-11-23(40(42)43)17-27(29)36,47-30-16-12-24(41(44)45)18-28(30)37)49-32-20-22(10-14-26(32)35)39(7-3)8-4;1-3-5-6-4-2;2*1-2/h9-20H,5-8,34-37H2,1-4H3;3-6H,1-2H3;2*1-2H3/b;5-3-,6-4-;;. The van der Waals surface area contributed by atoms with Crippen LogP contribution in [0.2, 0.25) is 0 Å². The summed E-state index contributed by atoms with van der Waals surface area (Å²) in [6.45, 7) is 22.6. The second-order valence-electron chi connectivity index (χ2n) is 11.7. The van der Waals surface area contributed by atoms with Gasteiger partial charge in [0.15, 0.2) is 23.0 Å². The molecular weight excluding hydrogens is 757 g/mol. The third-order valence-corrected chi connectivity index (χ3v) is 8.10. The largest absolute Gasteiger partial charge is 0.611 e. The van der Waals surface area contributed by atoms with E-state index in [2.05, 4.69) is 0 Å². The molecule has 0 unspecified atom stereocenters. The molecule has 0 aliphatic carbocycles. The number of nitrogens with two attached hydrogens (primary N) is 4. The number of hydrogen-bond donors (Lipinski definition) is 4. The lowest BCUT2D eigenvalue weighted by atomic mass is 10.2. The smallest absolute Gasteiger partial charge is 0.396 e. The van der Waals surface area contributed by atoms with Gasteiger partial charge in [0, 0.05) is 74.0 Å². The van der Waals surface area contributed by atoms with Gasteiger partial charge in [-0.2, -0.15) is 0 Å². The lowest BCUT2D eigenvalue weighted by Crippen LogP contribution is -2.54. The molecule has 4 aromatic rings. The fourth-order valence-corrected chi connectivity index (χ4v) is 5.16. The number of allylic oxidation sites excluding steroid dienone is 4. The highest BCUT2D eigenvalue weighted by Crippen LogP contribution is 2.40. The van der Waals surface area contributed by atoms with Gasteiger partial charge in [0.1, 0.15) is 0 Å². The summed E-state index contributed by atoms with van der Waals surface area (Å²) in [6.07, 6.45) is 5.31. The van der Waals surface area contributed by atoms with E-state index in [4.69, 9.17) is 41.9 Å². The number of non-ortho nitro benzene ring substituents is 2. The number of nitrogens with zero attached hydrogens (tertiary/aromatic N) is 4. The van der Waals surface area contributed by atoms with Crippen LogP contribution in [0.5, 0.6) is 23.0 Å². The van der Waals surface area contributed by atoms with Gasteiger partial charge < -0.3 is 51.7 Å². The summed E-state index contributed by atoms with van der Waals surface area (Å²) in [5.74, 6) is -0.210. The fraction of sp³-hybridized carbons (Fsp3) is 0.349. The molecule has 0 aliphatic rings. The average Bonchev–Trinajstić information content (AvgIpc) is 3.23. The minimum Gasteiger partial charge on any atom is -0.396 e. The van der Waals surface area contributed by atoms with E-state index in [1.165, 1.54) is 24.3 Å². The maximum absolute atomic E-state index is 11.5. The zero-order chi connectivity index (χ0) is 44.7. The van der Waals surface area contributed by atoms with Crippen LogP contribution < -0.4 is 51.7 Å². The quantitative estimate of drug-likeness (QED) is 0.0255. The Bertz CT molecular complexity index is 1840. The van der Waals surface area contributed by atoms with Crippen LogP contribution in [0, 0.1) is 20.2 Å². The molecule has 0 aliphatic heterocycles. The lowest BCUT2D eigenvalue weighted by molar-refractivity contribution is -0.385. The van der Waals surface area contributed by atoms with E-state index in [0.29, 0.717) is 26.2 Å². The van der Waals surface area contributed by atoms with E-state index in [-0.39, 0.29) is 57.1 Å². The highest BCUT2D eigenvalue weighted by atomic mass is 17.0. The molecule has 16 heteroatoms. The molecule has 0 saturated heterocycles. The SMILES string of the molecule is C/C=C\C=C/C.CC.CC.CCN(CC)c1ccc(N)c(OC(Oc2ccc([N+](=O)[O-])cc2N)(Oc2ccc([N+](=O)[O-])cc2N)Oc2cc(N(CC)CC)ccc2N)c1. The first-order chi connectivity index (χ1) is 28.2. The number of nitro groups is 2. The maximum atomic E-state index is 11.5. The third kappa shape index (κ3) is 14.6. The summed E-state index contributed by atoms with van der Waals surface area (Å²) in [5, 5.41) is 22.9. The van der Waals surface area contributed by atoms with Gasteiger partial charge in [-0.3, -0.25) is 20.2 Å². The second kappa shape index (κ2) is 25.4. The molecule has 0 radical (unpaired) electrons. The van der Waals surface area contributed by atoms with Crippen molar-refractivity contribution in [3.05, 3.63) is 117 Å². The van der Waals surface area contributed by atoms with Gasteiger partial charge in [-0.15, -0.1) is 0 Å². The van der Waals surface area contributed by atoms with Gasteiger partial charge in [-0.1, -0.05) is 52.0 Å². The molecule has 322 valence electrons. The highest BCUT2D eigenvalue weighted by molar-refractivity contribution is 5.65. The van der Waals surface area contributed by atoms with Crippen molar-refractivity contribution in [1.82, 2.24) is 0 Å². The third-order valence-electron chi connectivity index (χ3n) is 8.10. The zero-order valence-corrected chi connectivity index (χ0v) is 35.9. The van der Waals surface area contributed by atoms with Gasteiger partial charge in [0.25, 0.3) is 11.4 Å². The molecule has 0 amide bonds. The zero-order valence-electron chi connectivity index (χ0n) is 35.9. The van der Waals surface area contributed by atoms with Crippen LogP contribution in [0.1, 0.15) is 69.2 Å². The van der Waals surface area contributed by atoms with Crippen molar-refractivity contribution in [2.24, 2.45) is 0 Å². The molecule has 0 bridgehead atoms. The number of nitrogen functional groups attached to an aromatic ring is 4. The summed E-state index contributed by atoms with van der Waals surface area (Å²) in [7, 11) is 0. The van der Waals surface area contributed by atoms with Crippen molar-refractivity contribution >= 4 is 45.5 Å². The first-order valence-corrected chi connectivity index (χ1v) is 19.6. The normalized spacial score (nSPS) is 10.5. The lowest BCUT2D eigenvalue weighted by Gasteiger charge is -2.34. The first kappa shape index (κ1) is 50.2. The Hall–Kier alpha value is -6.84. The minimum absolute atomic E-state index is 0.0452. The average molecular weight is 819 g/mol. The molecule has 0 saturated carbocycles. The predicted molar refractivity (Wildman–Crippen MR) is 241 cm³/mol. The van der Waals surface area contributed by atoms with Crippen LogP contribution in [-0.4, -0.2) is 42.2 Å². The van der Waals surface area contributed by atoms with Gasteiger partial charge in [-0.25, -0.2) is 0 Å². The Morgan fingerprint density at radius 1 is 0.525 bits per heavy atom. The van der Waals surface area contributed by atoms with Crippen molar-refractivity contribution in [1.29, 1.82) is 0 Å². The van der Waals surface area contributed by atoms with Crippen LogP contribution in [0.4, 0.5) is 45.5 Å². The summed E-state index contributed by atoms with van der Waals surface area (Å²) in [6, 6.07) is 17.2. The Balaban J connectivity index is 0.00000157. The topological polar surface area (TPSA) is 234 Å². The molecule has 0 fully saturated rings. The number of nitro benzene ring substituents is 2. The van der Waals surface area contributed by atoms with Crippen LogP contribution >= 0.6 is 0 Å². The van der Waals surface area contributed by atoms with Crippen molar-refractivity contribution < 1.29 is 28.8 Å². The van der Waals surface area contributed by atoms with Crippen molar-refractivity contribution in [2.75, 3.05) is 58.9 Å². The van der Waals surface area contributed by atoms with E-state index in [1.54, 1.807) is 24.3 Å². The van der Waals surface area contributed by atoms with Gasteiger partial charge in [0.2, 0.25) is 0 Å². The molecule has 8 N–H and O–H groups in total. The Morgan fingerprint density at radius 2 is 0.847 bits per heavy atom. The van der Waals surface area contributed by atoms with E-state index in [9.17, 15) is 20.2 Å². The Kier molecular flexibility index (Phi) is 21.6. The minimum atomic E-state index is -2.69. The van der Waals surface area contributed by atoms with Crippen molar-refractivity contribution in [2.45, 2.75) is 75.4 Å². The molecule has 4 rings (SSSR count). The molecule has 0 aromatic heterocycles. The molecule has 0 heterocycles. The number of hydrogen-bond acceptors (Lipinski definition) is 14. The second-order valence-corrected chi connectivity index (χ2v) is 11.7. The molecular formula is C43H62N8O8. The van der Waals surface area contributed by atoms with E-state index in [0.717, 1.165) is 23.5 Å². The van der Waals surface area contributed by atoms with Crippen LogP contribution in [0.25, 0.3) is 0 Å². The number of rotatable bonds is 17. The van der Waals surface area contributed by atoms with E-state index >= 15 is 0 Å². The van der Waals surface area contributed by atoms with Crippen LogP contribution in [0.3, 0.4) is 0 Å². The van der Waals surface area contributed by atoms with Gasteiger partial charge in [0.05, 0.1) is 32.6 Å². The number of ether oxygens (including phenoxy) is 4. The van der Waals surface area contributed by atoms with Crippen molar-refractivity contribution in [3.8, 4) is 23.0 Å². The van der Waals surface area contributed by atoms with Gasteiger partial charge in [-0.05, 0) is 77.9 Å². The van der Waals surface area contributed by atoms with E-state index in [1.807, 2.05) is 115 Å². The van der Waals surface area contributed by atoms with E-state index < -0.39 is 16.0 Å². The summed E-state index contributed by atoms with van der Waals surface area (Å²) in [5.41, 5.74) is 26.2. The summed E-state index contributed by atoms with van der Waals surface area (Å²) >= 11 is 0. The fourth-order valence-electron chi connectivity index (χ4n) is 5.16. The summed E-state index contributed by atoms with van der Waals surface area (Å²) < 4.78 is 25.4. The molecule has 0 atom stereocenters. The summed E-state index contributed by atoms with van der Waals surface area (Å²) in [4.78, 5) is 25.8. The molecule has 0 spiro atoms. The number of anilines is 6. The van der Waals surface area contributed by atoms with Crippen LogP contribution in [-0.2, 0) is 0 Å². The van der Waals surface area contributed by atoms with Crippen molar-refractivity contribution in [3.63, 3.8) is 0 Å². The molecule has 59 heavy (non-hydrogen) atoms. The monoisotopic (exact) mass is 818 g/mol. The predicted octanol–water partition coefficient (Wildman–Crippen LogP) is 9.94. The molecule has 16 nitrogen and oxygen atoms in total. The maximum Gasteiger partial charge on any atom is 0.611 e. The van der Waals surface area contributed by atoms with Crippen LogP contribution in [0.15, 0.2) is 97.1 Å². The number of benzene rings is 4.